The number of halogens is 1. The zero-order valence-electron chi connectivity index (χ0n) is 15.0. The molecule has 3 heteroatoms. The van der Waals surface area contributed by atoms with Crippen LogP contribution in [0.4, 0.5) is 5.69 Å². The molecule has 0 aromatic heterocycles. The summed E-state index contributed by atoms with van der Waals surface area (Å²) < 4.78 is 0. The highest BCUT2D eigenvalue weighted by Crippen LogP contribution is 2.26. The summed E-state index contributed by atoms with van der Waals surface area (Å²) in [5, 5.41) is 4.18. The molecular weight excluding hydrogens is 342 g/mol. The second kappa shape index (κ2) is 8.20. The average Bonchev–Trinajstić information content (AvgIpc) is 2.64. The summed E-state index contributed by atoms with van der Waals surface area (Å²) in [6.45, 7) is 4.07. The molecule has 0 saturated carbocycles. The Labute approximate surface area is 159 Å². The van der Waals surface area contributed by atoms with Gasteiger partial charge in [-0.1, -0.05) is 71.3 Å². The molecule has 0 spiro atoms. The number of ketones is 1. The zero-order chi connectivity index (χ0) is 18.5. The Bertz CT molecular complexity index is 868. The summed E-state index contributed by atoms with van der Waals surface area (Å²) in [5.74, 6) is 0.115. The number of rotatable bonds is 6. The van der Waals surface area contributed by atoms with E-state index in [-0.39, 0.29) is 11.8 Å². The van der Waals surface area contributed by atoms with Crippen LogP contribution in [0.3, 0.4) is 0 Å². The summed E-state index contributed by atoms with van der Waals surface area (Å²) in [7, 11) is 0. The molecule has 2 nitrogen and oxygen atoms in total. The fraction of sp³-hybridized carbons (Fsp3) is 0.174. The molecule has 1 atom stereocenters. The molecule has 3 aromatic rings. The number of carbonyl (C=O) groups excluding carboxylic acids is 1. The van der Waals surface area contributed by atoms with Crippen LogP contribution in [-0.4, -0.2) is 5.78 Å². The zero-order valence-corrected chi connectivity index (χ0v) is 15.8. The van der Waals surface area contributed by atoms with Crippen molar-refractivity contribution in [3.05, 3.63) is 100 Å². The van der Waals surface area contributed by atoms with Crippen molar-refractivity contribution in [2.24, 2.45) is 0 Å². The van der Waals surface area contributed by atoms with Gasteiger partial charge in [0, 0.05) is 22.7 Å². The van der Waals surface area contributed by atoms with Gasteiger partial charge in [0.25, 0.3) is 0 Å². The lowest BCUT2D eigenvalue weighted by molar-refractivity contribution is 0.0976. The third-order valence-corrected chi connectivity index (χ3v) is 4.68. The number of hydrogen-bond acceptors (Lipinski definition) is 2. The number of nitrogens with one attached hydrogen (secondary N) is 1. The van der Waals surface area contributed by atoms with Crippen LogP contribution in [0.15, 0.2) is 72.8 Å². The maximum atomic E-state index is 12.8. The predicted molar refractivity (Wildman–Crippen MR) is 109 cm³/mol. The number of Topliss-reactive ketones (excluding diaryl/α,β-unsaturated/α-hetero) is 1. The first-order chi connectivity index (χ1) is 12.5. The quantitative estimate of drug-likeness (QED) is 0.514. The highest BCUT2D eigenvalue weighted by molar-refractivity contribution is 6.30. The van der Waals surface area contributed by atoms with E-state index in [1.165, 1.54) is 5.56 Å². The molecular formula is C23H22ClNO. The highest BCUT2D eigenvalue weighted by atomic mass is 35.5. The highest BCUT2D eigenvalue weighted by Gasteiger charge is 2.17. The summed E-state index contributed by atoms with van der Waals surface area (Å²) in [6, 6.07) is 23.4. The van der Waals surface area contributed by atoms with Crippen molar-refractivity contribution in [2.75, 3.05) is 5.32 Å². The molecule has 0 amide bonds. The van der Waals surface area contributed by atoms with Gasteiger partial charge in [-0.15, -0.1) is 0 Å². The number of anilines is 1. The largest absolute Gasteiger partial charge is 0.378 e. The van der Waals surface area contributed by atoms with E-state index in [0.29, 0.717) is 11.4 Å². The lowest BCUT2D eigenvalue weighted by atomic mass is 9.97. The minimum Gasteiger partial charge on any atom is -0.378 e. The molecule has 0 heterocycles. The number of hydrogen-bond donors (Lipinski definition) is 1. The topological polar surface area (TPSA) is 29.1 Å². The molecule has 1 N–H and O–H groups in total. The Balaban J connectivity index is 1.84. The van der Waals surface area contributed by atoms with E-state index in [0.717, 1.165) is 22.4 Å². The monoisotopic (exact) mass is 363 g/mol. The predicted octanol–water partition coefficient (Wildman–Crippen LogP) is 6.38. The van der Waals surface area contributed by atoms with Gasteiger partial charge in [-0.05, 0) is 43.7 Å². The molecule has 0 aliphatic heterocycles. The van der Waals surface area contributed by atoms with Crippen LogP contribution in [0.5, 0.6) is 0 Å². The van der Waals surface area contributed by atoms with Gasteiger partial charge in [-0.3, -0.25) is 4.79 Å². The van der Waals surface area contributed by atoms with Crippen LogP contribution < -0.4 is 5.32 Å². The Morgan fingerprint density at radius 1 is 0.846 bits per heavy atom. The van der Waals surface area contributed by atoms with Crippen molar-refractivity contribution in [1.29, 1.82) is 0 Å². The van der Waals surface area contributed by atoms with Gasteiger partial charge in [0.2, 0.25) is 0 Å². The smallest absolute Gasteiger partial charge is 0.165 e. The van der Waals surface area contributed by atoms with Crippen molar-refractivity contribution in [2.45, 2.75) is 26.3 Å². The second-order valence-corrected chi connectivity index (χ2v) is 7.04. The van der Waals surface area contributed by atoms with Crippen LogP contribution in [-0.2, 0) is 0 Å². The Kier molecular flexibility index (Phi) is 5.75. The van der Waals surface area contributed by atoms with E-state index >= 15 is 0 Å². The van der Waals surface area contributed by atoms with E-state index in [4.69, 9.17) is 11.6 Å². The van der Waals surface area contributed by atoms with Gasteiger partial charge in [-0.25, -0.2) is 0 Å². The lowest BCUT2D eigenvalue weighted by Gasteiger charge is -2.20. The average molecular weight is 364 g/mol. The van der Waals surface area contributed by atoms with E-state index in [1.54, 1.807) is 0 Å². The summed E-state index contributed by atoms with van der Waals surface area (Å²) in [6.07, 6.45) is 0.374. The van der Waals surface area contributed by atoms with Crippen LogP contribution in [0.2, 0.25) is 5.02 Å². The van der Waals surface area contributed by atoms with Crippen molar-refractivity contribution in [3.63, 3.8) is 0 Å². The normalized spacial score (nSPS) is 11.8. The van der Waals surface area contributed by atoms with Crippen LogP contribution in [0.25, 0.3) is 0 Å². The van der Waals surface area contributed by atoms with Crippen LogP contribution >= 0.6 is 11.6 Å². The molecule has 0 aliphatic carbocycles. The molecule has 0 fully saturated rings. The maximum absolute atomic E-state index is 12.8. The molecule has 3 rings (SSSR count). The first-order valence-corrected chi connectivity index (χ1v) is 9.07. The van der Waals surface area contributed by atoms with Gasteiger partial charge < -0.3 is 5.32 Å². The molecule has 132 valence electrons. The van der Waals surface area contributed by atoms with E-state index in [1.807, 2.05) is 67.6 Å². The lowest BCUT2D eigenvalue weighted by Crippen LogP contribution is -2.16. The third-order valence-electron chi connectivity index (χ3n) is 4.43. The molecule has 26 heavy (non-hydrogen) atoms. The second-order valence-electron chi connectivity index (χ2n) is 6.61. The maximum Gasteiger partial charge on any atom is 0.165 e. The van der Waals surface area contributed by atoms with Gasteiger partial charge >= 0.3 is 0 Å². The van der Waals surface area contributed by atoms with Crippen molar-refractivity contribution in [1.82, 2.24) is 0 Å². The number of aryl methyl sites for hydroxylation is 2. The van der Waals surface area contributed by atoms with Crippen LogP contribution in [0.1, 0.15) is 39.5 Å². The molecule has 0 aliphatic rings. The van der Waals surface area contributed by atoms with E-state index < -0.39 is 0 Å². The van der Waals surface area contributed by atoms with Crippen molar-refractivity contribution < 1.29 is 4.79 Å². The van der Waals surface area contributed by atoms with Crippen LogP contribution in [0, 0.1) is 13.8 Å². The number of benzene rings is 3. The summed E-state index contributed by atoms with van der Waals surface area (Å²) in [5.41, 5.74) is 5.12. The van der Waals surface area contributed by atoms with Gasteiger partial charge in [-0.2, -0.15) is 0 Å². The molecule has 0 radical (unpaired) electrons. The Morgan fingerprint density at radius 2 is 1.38 bits per heavy atom. The standard InChI is InChI=1S/C23H22ClNO/c1-16-3-7-19(8-4-16)23(26)15-22(18-9-11-20(24)12-10-18)25-21-13-5-17(2)6-14-21/h3-14,22,25H,15H2,1-2H3. The minimum absolute atomic E-state index is 0.115. The van der Waals surface area contributed by atoms with Gasteiger partial charge in [0.1, 0.15) is 0 Å². The molecule has 0 saturated heterocycles. The fourth-order valence-electron chi connectivity index (χ4n) is 2.84. The van der Waals surface area contributed by atoms with Gasteiger partial charge in [0.05, 0.1) is 6.04 Å². The summed E-state index contributed by atoms with van der Waals surface area (Å²) in [4.78, 5) is 12.8. The number of carbonyl (C=O) groups is 1. The van der Waals surface area contributed by atoms with Crippen molar-refractivity contribution >= 4 is 23.1 Å². The Morgan fingerprint density at radius 3 is 1.96 bits per heavy atom. The molecule has 1 unspecified atom stereocenters. The third kappa shape index (κ3) is 4.74. The SMILES string of the molecule is Cc1ccc(NC(CC(=O)c2ccc(C)cc2)c2ccc(Cl)cc2)cc1. The minimum atomic E-state index is -0.122. The van der Waals surface area contributed by atoms with Gasteiger partial charge in [0.15, 0.2) is 5.78 Å². The molecule has 0 bridgehead atoms. The summed E-state index contributed by atoms with van der Waals surface area (Å²) >= 11 is 6.02. The first kappa shape index (κ1) is 18.2. The van der Waals surface area contributed by atoms with E-state index in [9.17, 15) is 4.79 Å². The fourth-order valence-corrected chi connectivity index (χ4v) is 2.97. The first-order valence-electron chi connectivity index (χ1n) is 8.70. The molecule has 3 aromatic carbocycles. The Hall–Kier alpha value is -2.58. The van der Waals surface area contributed by atoms with Crippen molar-refractivity contribution in [3.8, 4) is 0 Å². The van der Waals surface area contributed by atoms with E-state index in [2.05, 4.69) is 24.4 Å².